The fourth-order valence-corrected chi connectivity index (χ4v) is 0.979. The molecule has 0 saturated carbocycles. The van der Waals surface area contributed by atoms with E-state index in [1.54, 1.807) is 12.4 Å². The molecule has 70 valence electrons. The number of carboxylic acids is 1. The van der Waals surface area contributed by atoms with Crippen LogP contribution < -0.4 is 0 Å². The standard InChI is InChI=1S/C8H6N4O2/c13-8(14)7-4-9-6(3-10-7)5-1-11-12-2-5/h1-4H,(H,11,12)(H,13,14). The number of nitrogens with zero attached hydrogens (tertiary/aromatic N) is 3. The van der Waals surface area contributed by atoms with Crippen molar-refractivity contribution >= 4 is 5.97 Å². The van der Waals surface area contributed by atoms with Crippen molar-refractivity contribution in [3.63, 3.8) is 0 Å². The van der Waals surface area contributed by atoms with Gasteiger partial charge in [-0.15, -0.1) is 0 Å². The van der Waals surface area contributed by atoms with Gasteiger partial charge in [0.15, 0.2) is 5.69 Å². The lowest BCUT2D eigenvalue weighted by Gasteiger charge is -1.95. The largest absolute Gasteiger partial charge is 0.476 e. The van der Waals surface area contributed by atoms with Crippen molar-refractivity contribution in [2.45, 2.75) is 0 Å². The van der Waals surface area contributed by atoms with Crippen LogP contribution in [-0.2, 0) is 0 Å². The molecule has 0 aliphatic carbocycles. The van der Waals surface area contributed by atoms with Crippen LogP contribution in [0, 0.1) is 0 Å². The zero-order valence-electron chi connectivity index (χ0n) is 7.01. The fourth-order valence-electron chi connectivity index (χ4n) is 0.979. The lowest BCUT2D eigenvalue weighted by atomic mass is 10.3. The van der Waals surface area contributed by atoms with Gasteiger partial charge in [0.25, 0.3) is 0 Å². The Bertz CT molecular complexity index is 435. The van der Waals surface area contributed by atoms with E-state index in [1.807, 2.05) is 0 Å². The molecule has 0 saturated heterocycles. The van der Waals surface area contributed by atoms with Crippen molar-refractivity contribution in [1.29, 1.82) is 0 Å². The monoisotopic (exact) mass is 190 g/mol. The highest BCUT2D eigenvalue weighted by molar-refractivity contribution is 5.85. The lowest BCUT2D eigenvalue weighted by Crippen LogP contribution is -2.00. The third kappa shape index (κ3) is 1.45. The molecule has 2 aromatic rings. The van der Waals surface area contributed by atoms with Gasteiger partial charge in [0.05, 0.1) is 24.3 Å². The molecule has 14 heavy (non-hydrogen) atoms. The maximum absolute atomic E-state index is 10.5. The molecular weight excluding hydrogens is 184 g/mol. The van der Waals surface area contributed by atoms with Crippen molar-refractivity contribution < 1.29 is 9.90 Å². The van der Waals surface area contributed by atoms with Crippen molar-refractivity contribution in [2.24, 2.45) is 0 Å². The van der Waals surface area contributed by atoms with E-state index < -0.39 is 5.97 Å². The predicted octanol–water partition coefficient (Wildman–Crippen LogP) is 0.565. The van der Waals surface area contributed by atoms with Crippen molar-refractivity contribution in [3.05, 3.63) is 30.5 Å². The van der Waals surface area contributed by atoms with Crippen LogP contribution in [0.3, 0.4) is 0 Å². The summed E-state index contributed by atoms with van der Waals surface area (Å²) in [6.45, 7) is 0. The van der Waals surface area contributed by atoms with E-state index in [0.717, 1.165) is 5.56 Å². The molecule has 6 nitrogen and oxygen atoms in total. The van der Waals surface area contributed by atoms with E-state index in [9.17, 15) is 4.79 Å². The van der Waals surface area contributed by atoms with Crippen molar-refractivity contribution in [3.8, 4) is 11.3 Å². The smallest absolute Gasteiger partial charge is 0.356 e. The molecule has 2 N–H and O–H groups in total. The average Bonchev–Trinajstić information content (AvgIpc) is 2.71. The van der Waals surface area contributed by atoms with E-state index in [-0.39, 0.29) is 5.69 Å². The van der Waals surface area contributed by atoms with Crippen LogP contribution in [0.2, 0.25) is 0 Å². The lowest BCUT2D eigenvalue weighted by molar-refractivity contribution is 0.0690. The third-order valence-electron chi connectivity index (χ3n) is 1.66. The third-order valence-corrected chi connectivity index (χ3v) is 1.66. The van der Waals surface area contributed by atoms with Crippen molar-refractivity contribution in [1.82, 2.24) is 20.2 Å². The first-order chi connectivity index (χ1) is 6.77. The summed E-state index contributed by atoms with van der Waals surface area (Å²) in [6, 6.07) is 0. The van der Waals surface area contributed by atoms with Gasteiger partial charge in [-0.3, -0.25) is 10.1 Å². The van der Waals surface area contributed by atoms with Gasteiger partial charge >= 0.3 is 5.97 Å². The highest BCUT2D eigenvalue weighted by Crippen LogP contribution is 2.12. The molecule has 0 unspecified atom stereocenters. The van der Waals surface area contributed by atoms with Crippen LogP contribution in [0.1, 0.15) is 10.5 Å². The molecule has 0 fully saturated rings. The number of aromatic carboxylic acids is 1. The summed E-state index contributed by atoms with van der Waals surface area (Å²) in [6.07, 6.45) is 5.86. The summed E-state index contributed by atoms with van der Waals surface area (Å²) in [7, 11) is 0. The Morgan fingerprint density at radius 3 is 2.64 bits per heavy atom. The first-order valence-electron chi connectivity index (χ1n) is 3.82. The number of hydrogen-bond donors (Lipinski definition) is 2. The van der Waals surface area contributed by atoms with E-state index in [1.165, 1.54) is 12.4 Å². The van der Waals surface area contributed by atoms with Crippen LogP contribution >= 0.6 is 0 Å². The van der Waals surface area contributed by atoms with Crippen LogP contribution in [0.25, 0.3) is 11.3 Å². The van der Waals surface area contributed by atoms with E-state index in [4.69, 9.17) is 5.11 Å². The zero-order chi connectivity index (χ0) is 9.97. The van der Waals surface area contributed by atoms with Crippen LogP contribution in [-0.4, -0.2) is 31.2 Å². The SMILES string of the molecule is O=C(O)c1cnc(-c2cn[nH]c2)cn1. The van der Waals surface area contributed by atoms with Crippen LogP contribution in [0.15, 0.2) is 24.8 Å². The maximum atomic E-state index is 10.5. The molecule has 0 aliphatic rings. The highest BCUT2D eigenvalue weighted by atomic mass is 16.4. The second-order valence-corrected chi connectivity index (χ2v) is 2.58. The summed E-state index contributed by atoms with van der Waals surface area (Å²) < 4.78 is 0. The predicted molar refractivity (Wildman–Crippen MR) is 46.6 cm³/mol. The number of carbonyl (C=O) groups is 1. The average molecular weight is 190 g/mol. The van der Waals surface area contributed by atoms with Gasteiger partial charge < -0.3 is 5.11 Å². The molecule has 0 radical (unpaired) electrons. The topological polar surface area (TPSA) is 91.8 Å². The van der Waals surface area contributed by atoms with E-state index >= 15 is 0 Å². The number of hydrogen-bond acceptors (Lipinski definition) is 4. The fraction of sp³-hybridized carbons (Fsp3) is 0. The zero-order valence-corrected chi connectivity index (χ0v) is 7.01. The van der Waals surface area contributed by atoms with Gasteiger partial charge in [0.1, 0.15) is 0 Å². The summed E-state index contributed by atoms with van der Waals surface area (Å²) in [5, 5.41) is 15.0. The molecule has 0 aliphatic heterocycles. The molecule has 0 bridgehead atoms. The Morgan fingerprint density at radius 2 is 2.14 bits per heavy atom. The molecule has 0 amide bonds. The Hall–Kier alpha value is -2.24. The van der Waals surface area contributed by atoms with Gasteiger partial charge in [0.2, 0.25) is 0 Å². The van der Waals surface area contributed by atoms with Gasteiger partial charge in [-0.25, -0.2) is 9.78 Å². The first kappa shape index (κ1) is 8.36. The minimum absolute atomic E-state index is 0.0720. The Balaban J connectivity index is 2.36. The van der Waals surface area contributed by atoms with E-state index in [0.29, 0.717) is 5.69 Å². The number of carboxylic acid groups (broad SMARTS) is 1. The highest BCUT2D eigenvalue weighted by Gasteiger charge is 2.06. The van der Waals surface area contributed by atoms with E-state index in [2.05, 4.69) is 20.2 Å². The Morgan fingerprint density at radius 1 is 1.29 bits per heavy atom. The second-order valence-electron chi connectivity index (χ2n) is 2.58. The number of rotatable bonds is 2. The second kappa shape index (κ2) is 3.25. The Kier molecular flexibility index (Phi) is 1.94. The maximum Gasteiger partial charge on any atom is 0.356 e. The van der Waals surface area contributed by atoms with Gasteiger partial charge in [-0.05, 0) is 0 Å². The molecule has 2 aromatic heterocycles. The molecule has 0 atom stereocenters. The molecule has 2 rings (SSSR count). The minimum Gasteiger partial charge on any atom is -0.476 e. The van der Waals surface area contributed by atoms with Crippen LogP contribution in [0.4, 0.5) is 0 Å². The number of H-pyrrole nitrogens is 1. The summed E-state index contributed by atoms with van der Waals surface area (Å²) in [5.74, 6) is -1.09. The minimum atomic E-state index is -1.09. The van der Waals surface area contributed by atoms with Gasteiger partial charge in [-0.2, -0.15) is 5.10 Å². The normalized spacial score (nSPS) is 10.0. The number of aromatic amines is 1. The summed E-state index contributed by atoms with van der Waals surface area (Å²) in [4.78, 5) is 18.1. The number of nitrogens with one attached hydrogen (secondary N) is 1. The van der Waals surface area contributed by atoms with Gasteiger partial charge in [-0.1, -0.05) is 0 Å². The summed E-state index contributed by atoms with van der Waals surface area (Å²) >= 11 is 0. The van der Waals surface area contributed by atoms with Crippen molar-refractivity contribution in [2.75, 3.05) is 0 Å². The molecule has 6 heteroatoms. The molecule has 0 spiro atoms. The number of aromatic nitrogens is 4. The quantitative estimate of drug-likeness (QED) is 0.722. The molecule has 2 heterocycles. The molecule has 0 aromatic carbocycles. The molecular formula is C8H6N4O2. The first-order valence-corrected chi connectivity index (χ1v) is 3.82. The van der Waals surface area contributed by atoms with Gasteiger partial charge in [0, 0.05) is 11.8 Å². The van der Waals surface area contributed by atoms with Crippen LogP contribution in [0.5, 0.6) is 0 Å². The summed E-state index contributed by atoms with van der Waals surface area (Å²) in [5.41, 5.74) is 1.29. The Labute approximate surface area is 78.6 Å².